The maximum Gasteiger partial charge on any atom is 0.387 e. The third-order valence-corrected chi connectivity index (χ3v) is 5.16. The predicted molar refractivity (Wildman–Crippen MR) is 106 cm³/mol. The molecule has 0 unspecified atom stereocenters. The van der Waals surface area contributed by atoms with Crippen molar-refractivity contribution in [2.75, 3.05) is 11.9 Å². The summed E-state index contributed by atoms with van der Waals surface area (Å²) in [5.41, 5.74) is 2.49. The number of alkyl halides is 2. The Morgan fingerprint density at radius 3 is 2.54 bits per heavy atom. The summed E-state index contributed by atoms with van der Waals surface area (Å²) in [6, 6.07) is 18.4. The van der Waals surface area contributed by atoms with Crippen LogP contribution in [0.5, 0.6) is 5.75 Å². The zero-order valence-corrected chi connectivity index (χ0v) is 16.1. The summed E-state index contributed by atoms with van der Waals surface area (Å²) in [5, 5.41) is 6.59. The lowest BCUT2D eigenvalue weighted by atomic mass is 10.0. The minimum absolute atomic E-state index is 0.0149. The molecule has 4 nitrogen and oxygen atoms in total. The topological polar surface area (TPSA) is 54.9 Å². The number of carbonyl (C=O) groups excluding carboxylic acids is 1. The molecule has 3 aromatic rings. The van der Waals surface area contributed by atoms with Crippen molar-refractivity contribution < 1.29 is 23.6 Å². The highest BCUT2D eigenvalue weighted by atomic mass is 32.1. The van der Waals surface area contributed by atoms with Gasteiger partial charge in [-0.05, 0) is 30.5 Å². The fraction of sp³-hybridized carbons (Fsp3) is 0.190. The molecule has 0 aliphatic heterocycles. The van der Waals surface area contributed by atoms with Gasteiger partial charge in [-0.25, -0.2) is 0 Å². The molecule has 0 aliphatic rings. The number of nitrogens with two attached hydrogens (primary N) is 1. The molecular weight excluding hydrogens is 382 g/mol. The highest BCUT2D eigenvalue weighted by molar-refractivity contribution is 7.10. The van der Waals surface area contributed by atoms with E-state index >= 15 is 0 Å². The lowest BCUT2D eigenvalue weighted by molar-refractivity contribution is -0.675. The summed E-state index contributed by atoms with van der Waals surface area (Å²) in [6.45, 7) is -0.784. The average molecular weight is 403 g/mol. The fourth-order valence-electron chi connectivity index (χ4n) is 2.85. The Morgan fingerprint density at radius 1 is 1.11 bits per heavy atom. The lowest BCUT2D eigenvalue weighted by Gasteiger charge is -2.16. The van der Waals surface area contributed by atoms with Crippen LogP contribution in [-0.4, -0.2) is 19.1 Å². The maximum absolute atomic E-state index is 12.5. The van der Waals surface area contributed by atoms with Gasteiger partial charge in [-0.15, -0.1) is 11.3 Å². The zero-order chi connectivity index (χ0) is 19.9. The van der Waals surface area contributed by atoms with E-state index in [0.29, 0.717) is 0 Å². The van der Waals surface area contributed by atoms with Crippen molar-refractivity contribution in [2.45, 2.75) is 19.6 Å². The minimum Gasteiger partial charge on any atom is -0.433 e. The molecule has 1 aromatic heterocycles. The Bertz CT molecular complexity index is 899. The minimum atomic E-state index is -2.95. The second-order valence-electron chi connectivity index (χ2n) is 6.27. The molecule has 0 saturated heterocycles. The van der Waals surface area contributed by atoms with Crippen molar-refractivity contribution in [3.8, 4) is 5.75 Å². The molecule has 1 amide bonds. The summed E-state index contributed by atoms with van der Waals surface area (Å²) < 4.78 is 29.5. The van der Waals surface area contributed by atoms with E-state index in [1.807, 2.05) is 41.9 Å². The highest BCUT2D eigenvalue weighted by Gasteiger charge is 2.20. The molecule has 0 saturated carbocycles. The third kappa shape index (κ3) is 5.37. The molecular formula is C21H21F2N2O2S+. The van der Waals surface area contributed by atoms with Crippen LogP contribution >= 0.6 is 11.3 Å². The van der Waals surface area contributed by atoms with Gasteiger partial charge in [0.2, 0.25) is 0 Å². The molecule has 0 radical (unpaired) electrons. The van der Waals surface area contributed by atoms with Gasteiger partial charge in [0.15, 0.2) is 6.54 Å². The number of rotatable bonds is 8. The number of nitrogens with one attached hydrogen (secondary N) is 1. The Labute approximate surface area is 166 Å². The zero-order valence-electron chi connectivity index (χ0n) is 15.3. The van der Waals surface area contributed by atoms with Gasteiger partial charge in [0.05, 0.1) is 10.6 Å². The number of amides is 1. The van der Waals surface area contributed by atoms with E-state index in [1.54, 1.807) is 23.5 Å². The SMILES string of the molecule is Cc1ccc([C@@H]([NH2+]CC(=O)Nc2ccccc2OC(F)F)c2cccs2)cc1. The number of benzene rings is 2. The monoisotopic (exact) mass is 403 g/mol. The van der Waals surface area contributed by atoms with Gasteiger partial charge < -0.3 is 15.4 Å². The third-order valence-electron chi connectivity index (χ3n) is 4.20. The number of para-hydroxylation sites is 2. The van der Waals surface area contributed by atoms with E-state index in [1.165, 1.54) is 17.7 Å². The van der Waals surface area contributed by atoms with Gasteiger partial charge in [-0.3, -0.25) is 4.79 Å². The molecule has 146 valence electrons. The number of anilines is 1. The van der Waals surface area contributed by atoms with Crippen LogP contribution < -0.4 is 15.4 Å². The molecule has 3 rings (SSSR count). The largest absolute Gasteiger partial charge is 0.433 e. The Kier molecular flexibility index (Phi) is 6.73. The summed E-state index contributed by atoms with van der Waals surface area (Å²) >= 11 is 1.63. The van der Waals surface area contributed by atoms with E-state index in [0.717, 1.165) is 10.4 Å². The lowest BCUT2D eigenvalue weighted by Crippen LogP contribution is -2.87. The normalized spacial score (nSPS) is 12.0. The van der Waals surface area contributed by atoms with Crippen molar-refractivity contribution in [1.82, 2.24) is 0 Å². The summed E-state index contributed by atoms with van der Waals surface area (Å²) in [7, 11) is 0. The Hall–Kier alpha value is -2.77. The van der Waals surface area contributed by atoms with Crippen LogP contribution in [0.15, 0.2) is 66.0 Å². The molecule has 0 fully saturated rings. The van der Waals surface area contributed by atoms with Crippen molar-refractivity contribution in [3.63, 3.8) is 0 Å². The average Bonchev–Trinajstić information content (AvgIpc) is 3.19. The van der Waals surface area contributed by atoms with E-state index in [9.17, 15) is 13.6 Å². The first-order chi connectivity index (χ1) is 13.5. The number of thiophene rings is 1. The quantitative estimate of drug-likeness (QED) is 0.598. The number of hydrogen-bond acceptors (Lipinski definition) is 3. The van der Waals surface area contributed by atoms with Crippen LogP contribution in [0, 0.1) is 6.92 Å². The summed E-state index contributed by atoms with van der Waals surface area (Å²) in [5.74, 6) is -0.349. The van der Waals surface area contributed by atoms with Crippen molar-refractivity contribution >= 4 is 22.9 Å². The van der Waals surface area contributed by atoms with Gasteiger partial charge >= 0.3 is 6.61 Å². The predicted octanol–water partition coefficient (Wildman–Crippen LogP) is 3.95. The molecule has 28 heavy (non-hydrogen) atoms. The number of quaternary nitrogens is 1. The van der Waals surface area contributed by atoms with E-state index < -0.39 is 6.61 Å². The number of halogens is 2. The molecule has 1 atom stereocenters. The van der Waals surface area contributed by atoms with Gasteiger partial charge in [0.25, 0.3) is 5.91 Å². The first-order valence-corrected chi connectivity index (χ1v) is 9.68. The van der Waals surface area contributed by atoms with Gasteiger partial charge in [0, 0.05) is 5.56 Å². The Morgan fingerprint density at radius 2 is 1.86 bits per heavy atom. The highest BCUT2D eigenvalue weighted by Crippen LogP contribution is 2.25. The van der Waals surface area contributed by atoms with Crippen molar-refractivity contribution in [2.24, 2.45) is 0 Å². The molecule has 7 heteroatoms. The van der Waals surface area contributed by atoms with Crippen molar-refractivity contribution in [1.29, 1.82) is 0 Å². The molecule has 2 aromatic carbocycles. The molecule has 0 aliphatic carbocycles. The van der Waals surface area contributed by atoms with Crippen LogP contribution in [0.2, 0.25) is 0 Å². The molecule has 0 spiro atoms. The van der Waals surface area contributed by atoms with E-state index in [-0.39, 0.29) is 29.9 Å². The van der Waals surface area contributed by atoms with Crippen LogP contribution in [0.25, 0.3) is 0 Å². The van der Waals surface area contributed by atoms with Crippen LogP contribution in [-0.2, 0) is 4.79 Å². The number of ether oxygens (including phenoxy) is 1. The van der Waals surface area contributed by atoms with E-state index in [2.05, 4.69) is 22.2 Å². The second-order valence-corrected chi connectivity index (χ2v) is 7.25. The summed E-state index contributed by atoms with van der Waals surface area (Å²) in [6.07, 6.45) is 0. The first kappa shape index (κ1) is 20.0. The van der Waals surface area contributed by atoms with E-state index in [4.69, 9.17) is 0 Å². The first-order valence-electron chi connectivity index (χ1n) is 8.80. The second kappa shape index (κ2) is 9.43. The number of aryl methyl sites for hydroxylation is 1. The Balaban J connectivity index is 1.68. The smallest absolute Gasteiger partial charge is 0.387 e. The molecule has 3 N–H and O–H groups in total. The van der Waals surface area contributed by atoms with Crippen LogP contribution in [0.1, 0.15) is 22.0 Å². The van der Waals surface area contributed by atoms with Crippen LogP contribution in [0.3, 0.4) is 0 Å². The standard InChI is InChI=1S/C21H20F2N2O2S/c1-14-8-10-15(11-9-14)20(18-7-4-12-28-18)24-13-19(26)25-16-5-2-3-6-17(16)27-21(22)23/h2-12,20-21,24H,13H2,1H3,(H,25,26)/p+1/t20-/m1/s1. The van der Waals surface area contributed by atoms with Crippen LogP contribution in [0.4, 0.5) is 14.5 Å². The molecule has 0 bridgehead atoms. The van der Waals surface area contributed by atoms with Gasteiger partial charge in [-0.2, -0.15) is 8.78 Å². The summed E-state index contributed by atoms with van der Waals surface area (Å²) in [4.78, 5) is 13.6. The van der Waals surface area contributed by atoms with Crippen molar-refractivity contribution in [3.05, 3.63) is 82.0 Å². The van der Waals surface area contributed by atoms with Gasteiger partial charge in [0.1, 0.15) is 11.8 Å². The number of hydrogen-bond donors (Lipinski definition) is 2. The van der Waals surface area contributed by atoms with Gasteiger partial charge in [-0.1, -0.05) is 48.0 Å². The fourth-order valence-corrected chi connectivity index (χ4v) is 3.70. The maximum atomic E-state index is 12.5. The molecule has 1 heterocycles. The number of carbonyl (C=O) groups is 1.